The first-order valence-electron chi connectivity index (χ1n) is 13.5. The van der Waals surface area contributed by atoms with Crippen LogP contribution in [-0.2, 0) is 29.2 Å². The fourth-order valence-corrected chi connectivity index (χ4v) is 5.97. The molecule has 6 rings (SSSR count). The van der Waals surface area contributed by atoms with Crippen molar-refractivity contribution in [2.24, 2.45) is 10.3 Å². The van der Waals surface area contributed by atoms with Crippen LogP contribution < -0.4 is 10.9 Å². The molecule has 0 saturated heterocycles. The monoisotopic (exact) mass is 558 g/mol. The Kier molecular flexibility index (Phi) is 6.79. The number of aromatic nitrogens is 5. The van der Waals surface area contributed by atoms with E-state index in [-0.39, 0.29) is 12.1 Å². The van der Waals surface area contributed by atoms with Crippen LogP contribution in [0.1, 0.15) is 29.5 Å². The van der Waals surface area contributed by atoms with Crippen LogP contribution in [0.5, 0.6) is 0 Å². The van der Waals surface area contributed by atoms with Crippen molar-refractivity contribution in [2.45, 2.75) is 39.3 Å². The Morgan fingerprint density at radius 1 is 1.23 bits per heavy atom. The van der Waals surface area contributed by atoms with Gasteiger partial charge in [-0.3, -0.25) is 9.69 Å². The third-order valence-corrected chi connectivity index (χ3v) is 7.96. The van der Waals surface area contributed by atoms with Gasteiger partial charge in [0.15, 0.2) is 17.3 Å². The molecule has 1 aliphatic heterocycles. The second-order valence-corrected chi connectivity index (χ2v) is 13.6. The third-order valence-electron chi connectivity index (χ3n) is 7.33. The number of benzene rings is 1. The molecule has 1 aliphatic carbocycles. The molecule has 0 spiro atoms. The number of pyridine rings is 1. The highest BCUT2D eigenvalue weighted by Gasteiger charge is 2.27. The van der Waals surface area contributed by atoms with Gasteiger partial charge in [-0.1, -0.05) is 12.1 Å². The second kappa shape index (κ2) is 10.3. The van der Waals surface area contributed by atoms with Crippen molar-refractivity contribution in [3.05, 3.63) is 76.2 Å². The minimum absolute atomic E-state index is 0.249. The third kappa shape index (κ3) is 5.44. The van der Waals surface area contributed by atoms with E-state index in [1.807, 2.05) is 0 Å². The van der Waals surface area contributed by atoms with E-state index < -0.39 is 9.73 Å². The van der Waals surface area contributed by atoms with E-state index in [0.717, 1.165) is 31.1 Å². The molecule has 0 bridgehead atoms. The molecule has 40 heavy (non-hydrogen) atoms. The Bertz CT molecular complexity index is 1800. The van der Waals surface area contributed by atoms with E-state index in [1.54, 1.807) is 47.7 Å². The molecule has 4 aromatic rings. The number of hydrogen-bond donors (Lipinski definition) is 1. The SMILES string of the molecule is C=CCn1c(=O)c2cnc(Nc3cc(C)c4c(c3)CN(CC3CC3)CC4)nc2n1-c1cccc(N=S(C)(C)=O)n1. The summed E-state index contributed by atoms with van der Waals surface area (Å²) in [6, 6.07) is 9.55. The van der Waals surface area contributed by atoms with Gasteiger partial charge in [0.2, 0.25) is 5.95 Å². The number of nitrogens with one attached hydrogen (secondary N) is 1. The predicted octanol–water partition coefficient (Wildman–Crippen LogP) is 4.34. The molecule has 4 heterocycles. The highest BCUT2D eigenvalue weighted by molar-refractivity contribution is 7.92. The molecule has 1 fully saturated rings. The van der Waals surface area contributed by atoms with Crippen LogP contribution in [0.3, 0.4) is 0 Å². The Hall–Kier alpha value is -3.83. The van der Waals surface area contributed by atoms with Crippen molar-refractivity contribution < 1.29 is 4.21 Å². The van der Waals surface area contributed by atoms with E-state index >= 15 is 0 Å². The van der Waals surface area contributed by atoms with Gasteiger partial charge in [0.1, 0.15) is 5.39 Å². The maximum atomic E-state index is 13.3. The summed E-state index contributed by atoms with van der Waals surface area (Å²) >= 11 is 0. The summed E-state index contributed by atoms with van der Waals surface area (Å²) in [5, 5.41) is 3.74. The maximum Gasteiger partial charge on any atom is 0.278 e. The molecule has 11 heteroatoms. The van der Waals surface area contributed by atoms with Crippen LogP contribution in [0.15, 0.2) is 58.3 Å². The molecule has 2 aliphatic rings. The molecular formula is C29H34N8O2S. The van der Waals surface area contributed by atoms with E-state index in [2.05, 4.69) is 50.2 Å². The van der Waals surface area contributed by atoms with Gasteiger partial charge in [0.25, 0.3) is 5.56 Å². The molecule has 3 aromatic heterocycles. The molecule has 0 radical (unpaired) electrons. The zero-order valence-corrected chi connectivity index (χ0v) is 23.9. The van der Waals surface area contributed by atoms with Crippen LogP contribution in [0.25, 0.3) is 16.9 Å². The topological polar surface area (TPSA) is 110 Å². The van der Waals surface area contributed by atoms with Gasteiger partial charge in [-0.25, -0.2) is 23.5 Å². The fraction of sp³-hybridized carbons (Fsp3) is 0.379. The van der Waals surface area contributed by atoms with Crippen molar-refractivity contribution >= 4 is 38.2 Å². The number of nitrogens with zero attached hydrogens (tertiary/aromatic N) is 7. The minimum Gasteiger partial charge on any atom is -0.324 e. The van der Waals surface area contributed by atoms with Gasteiger partial charge in [0.05, 0.1) is 6.54 Å². The summed E-state index contributed by atoms with van der Waals surface area (Å²) in [4.78, 5) is 29.7. The van der Waals surface area contributed by atoms with E-state index in [1.165, 1.54) is 40.8 Å². The van der Waals surface area contributed by atoms with Gasteiger partial charge in [0, 0.05) is 53.8 Å². The highest BCUT2D eigenvalue weighted by atomic mass is 32.2. The Labute approximate surface area is 233 Å². The molecule has 0 unspecified atom stereocenters. The first-order valence-corrected chi connectivity index (χ1v) is 15.9. The normalized spacial score (nSPS) is 15.7. The summed E-state index contributed by atoms with van der Waals surface area (Å²) in [6.45, 7) is 9.48. The summed E-state index contributed by atoms with van der Waals surface area (Å²) in [5.41, 5.74) is 5.12. The van der Waals surface area contributed by atoms with Crippen LogP contribution in [0.2, 0.25) is 0 Å². The van der Waals surface area contributed by atoms with Crippen molar-refractivity contribution in [3.8, 4) is 5.82 Å². The van der Waals surface area contributed by atoms with E-state index in [9.17, 15) is 9.00 Å². The molecular weight excluding hydrogens is 524 g/mol. The number of hydrogen-bond acceptors (Lipinski definition) is 8. The van der Waals surface area contributed by atoms with Gasteiger partial charge in [-0.05, 0) is 73.1 Å². The molecule has 1 aromatic carbocycles. The largest absolute Gasteiger partial charge is 0.324 e. The van der Waals surface area contributed by atoms with Gasteiger partial charge >= 0.3 is 0 Å². The van der Waals surface area contributed by atoms with Gasteiger partial charge in [-0.15, -0.1) is 6.58 Å². The van der Waals surface area contributed by atoms with Crippen molar-refractivity contribution in [1.29, 1.82) is 0 Å². The zero-order valence-electron chi connectivity index (χ0n) is 23.1. The lowest BCUT2D eigenvalue weighted by molar-refractivity contribution is 0.243. The maximum absolute atomic E-state index is 13.3. The molecule has 0 atom stereocenters. The Morgan fingerprint density at radius 2 is 2.05 bits per heavy atom. The van der Waals surface area contributed by atoms with E-state index in [4.69, 9.17) is 4.98 Å². The van der Waals surface area contributed by atoms with Crippen LogP contribution >= 0.6 is 0 Å². The van der Waals surface area contributed by atoms with Crippen molar-refractivity contribution in [2.75, 3.05) is 30.9 Å². The molecule has 208 valence electrons. The lowest BCUT2D eigenvalue weighted by atomic mass is 9.94. The van der Waals surface area contributed by atoms with Crippen molar-refractivity contribution in [3.63, 3.8) is 0 Å². The first-order chi connectivity index (χ1) is 19.2. The standard InChI is InChI=1S/C29H34N8O2S/c1-5-12-36-28(38)24-16-30-29(33-27(24)37(36)26-8-6-7-25(32-26)34-40(3,4)39)31-22-14-19(2)23-11-13-35(17-20-9-10-20)18-21(23)15-22/h5-8,14-16,20H,1,9-13,17-18H2,2-4H3,(H,30,31,33). The summed E-state index contributed by atoms with van der Waals surface area (Å²) < 4.78 is 19.7. The smallest absolute Gasteiger partial charge is 0.278 e. The molecule has 1 N–H and O–H groups in total. The van der Waals surface area contributed by atoms with Gasteiger partial charge < -0.3 is 5.32 Å². The fourth-order valence-electron chi connectivity index (χ4n) is 5.42. The Balaban J connectivity index is 1.39. The number of aryl methyl sites for hydroxylation is 1. The molecule has 1 saturated carbocycles. The highest BCUT2D eigenvalue weighted by Crippen LogP contribution is 2.33. The number of fused-ring (bicyclic) bond motifs is 2. The van der Waals surface area contributed by atoms with Crippen LogP contribution in [0.4, 0.5) is 17.5 Å². The number of anilines is 2. The Morgan fingerprint density at radius 3 is 2.80 bits per heavy atom. The quantitative estimate of drug-likeness (QED) is 0.320. The molecule has 0 amide bonds. The van der Waals surface area contributed by atoms with Crippen LogP contribution in [-0.4, -0.2) is 59.0 Å². The first kappa shape index (κ1) is 26.4. The van der Waals surface area contributed by atoms with Crippen LogP contribution in [0, 0.1) is 12.8 Å². The molecule has 10 nitrogen and oxygen atoms in total. The summed E-state index contributed by atoms with van der Waals surface area (Å²) in [6.07, 6.45) is 10.1. The average molecular weight is 559 g/mol. The minimum atomic E-state index is -2.41. The average Bonchev–Trinajstić information content (AvgIpc) is 3.67. The predicted molar refractivity (Wildman–Crippen MR) is 159 cm³/mol. The van der Waals surface area contributed by atoms with Crippen molar-refractivity contribution in [1.82, 2.24) is 29.2 Å². The number of rotatable bonds is 8. The second-order valence-electron chi connectivity index (χ2n) is 11.0. The summed E-state index contributed by atoms with van der Waals surface area (Å²) in [5.74, 6) is 2.00. The summed E-state index contributed by atoms with van der Waals surface area (Å²) in [7, 11) is -2.41. The van der Waals surface area contributed by atoms with E-state index in [0.29, 0.717) is 28.6 Å². The zero-order chi connectivity index (χ0) is 28.0. The lowest BCUT2D eigenvalue weighted by Crippen LogP contribution is -2.32. The number of allylic oxidation sites excluding steroid dienone is 1. The van der Waals surface area contributed by atoms with Gasteiger partial charge in [-0.2, -0.15) is 9.35 Å². The lowest BCUT2D eigenvalue weighted by Gasteiger charge is -2.30.